The molecule has 0 heterocycles. The number of sulfonamides is 1. The van der Waals surface area contributed by atoms with E-state index in [1.807, 2.05) is 38.1 Å². The van der Waals surface area contributed by atoms with Crippen LogP contribution in [0.1, 0.15) is 37.4 Å². The Bertz CT molecular complexity index is 961. The van der Waals surface area contributed by atoms with E-state index >= 15 is 0 Å². The Labute approximate surface area is 177 Å². The van der Waals surface area contributed by atoms with Crippen molar-refractivity contribution in [2.45, 2.75) is 39.3 Å². The molecule has 0 fully saturated rings. The number of hydrogen-bond donors (Lipinski definition) is 1. The fraction of sp³-hybridized carbons (Fsp3) is 0.381. The van der Waals surface area contributed by atoms with Gasteiger partial charge in [0, 0.05) is 5.02 Å². The molecule has 0 saturated heterocycles. The van der Waals surface area contributed by atoms with Crippen LogP contribution >= 0.6 is 11.6 Å². The van der Waals surface area contributed by atoms with E-state index in [0.29, 0.717) is 10.8 Å². The minimum atomic E-state index is -3.80. The first-order valence-corrected chi connectivity index (χ1v) is 11.5. The third kappa shape index (κ3) is 5.64. The second-order valence-corrected chi connectivity index (χ2v) is 9.24. The smallest absolute Gasteiger partial charge is 0.244 e. The number of benzene rings is 2. The minimum absolute atomic E-state index is 0.229. The van der Waals surface area contributed by atoms with Gasteiger partial charge < -0.3 is 10.1 Å². The Kier molecular flexibility index (Phi) is 7.54. The molecule has 0 aliphatic rings. The Hall–Kier alpha value is -2.25. The van der Waals surface area contributed by atoms with Crippen molar-refractivity contribution >= 4 is 33.2 Å². The molecular formula is C21H27ClN2O4S. The van der Waals surface area contributed by atoms with Crippen LogP contribution in [0, 0.1) is 6.92 Å². The third-order valence-electron chi connectivity index (χ3n) is 4.64. The van der Waals surface area contributed by atoms with Gasteiger partial charge in [-0.15, -0.1) is 0 Å². The van der Waals surface area contributed by atoms with Gasteiger partial charge in [0.1, 0.15) is 11.8 Å². The number of anilines is 1. The summed E-state index contributed by atoms with van der Waals surface area (Å²) in [5.74, 6) is -0.0781. The molecule has 29 heavy (non-hydrogen) atoms. The number of halogens is 1. The van der Waals surface area contributed by atoms with Gasteiger partial charge in [0.15, 0.2) is 0 Å². The van der Waals surface area contributed by atoms with Gasteiger partial charge in [-0.2, -0.15) is 0 Å². The average Bonchev–Trinajstić information content (AvgIpc) is 2.65. The molecular weight excluding hydrogens is 412 g/mol. The fourth-order valence-corrected chi connectivity index (χ4v) is 4.49. The van der Waals surface area contributed by atoms with Crippen molar-refractivity contribution in [3.8, 4) is 5.75 Å². The van der Waals surface area contributed by atoms with Gasteiger partial charge in [-0.1, -0.05) is 48.4 Å². The van der Waals surface area contributed by atoms with Crippen molar-refractivity contribution in [3.05, 3.63) is 58.6 Å². The zero-order valence-electron chi connectivity index (χ0n) is 17.3. The molecule has 2 aromatic rings. The number of hydrogen-bond acceptors (Lipinski definition) is 4. The highest BCUT2D eigenvalue weighted by molar-refractivity contribution is 7.92. The Balaban J connectivity index is 2.40. The monoisotopic (exact) mass is 438 g/mol. The molecule has 8 heteroatoms. The summed E-state index contributed by atoms with van der Waals surface area (Å²) in [5.41, 5.74) is 2.28. The van der Waals surface area contributed by atoms with E-state index in [2.05, 4.69) is 5.32 Å². The Morgan fingerprint density at radius 2 is 1.83 bits per heavy atom. The summed E-state index contributed by atoms with van der Waals surface area (Å²) in [7, 11) is -2.36. The van der Waals surface area contributed by atoms with Crippen LogP contribution in [-0.4, -0.2) is 33.7 Å². The van der Waals surface area contributed by atoms with Gasteiger partial charge in [-0.25, -0.2) is 8.42 Å². The number of aryl methyl sites for hydroxylation is 1. The van der Waals surface area contributed by atoms with Gasteiger partial charge in [0.05, 0.1) is 25.1 Å². The van der Waals surface area contributed by atoms with E-state index in [-0.39, 0.29) is 18.2 Å². The maximum Gasteiger partial charge on any atom is 0.244 e. The van der Waals surface area contributed by atoms with E-state index in [1.165, 1.54) is 13.2 Å². The second-order valence-electron chi connectivity index (χ2n) is 6.94. The van der Waals surface area contributed by atoms with Crippen molar-refractivity contribution in [3.63, 3.8) is 0 Å². The zero-order chi connectivity index (χ0) is 21.8. The largest absolute Gasteiger partial charge is 0.495 e. The summed E-state index contributed by atoms with van der Waals surface area (Å²) in [4.78, 5) is 13.1. The molecule has 0 unspecified atom stereocenters. The molecule has 0 bridgehead atoms. The molecule has 2 rings (SSSR count). The van der Waals surface area contributed by atoms with Crippen molar-refractivity contribution < 1.29 is 17.9 Å². The fourth-order valence-electron chi connectivity index (χ4n) is 3.12. The molecule has 2 atom stereocenters. The SMILES string of the molecule is CC[C@H](C(=O)N[C@H](C)c1ccc(C)cc1)N(c1cc(Cl)ccc1OC)S(C)(=O)=O. The van der Waals surface area contributed by atoms with Gasteiger partial charge >= 0.3 is 0 Å². The van der Waals surface area contributed by atoms with Gasteiger partial charge in [-0.05, 0) is 44.0 Å². The van der Waals surface area contributed by atoms with Crippen LogP contribution in [0.25, 0.3) is 0 Å². The summed E-state index contributed by atoms with van der Waals surface area (Å²) < 4.78 is 31.7. The first kappa shape index (κ1) is 23.0. The van der Waals surface area contributed by atoms with Crippen LogP contribution in [0.2, 0.25) is 5.02 Å². The lowest BCUT2D eigenvalue weighted by Gasteiger charge is -2.32. The quantitative estimate of drug-likeness (QED) is 0.673. The van der Waals surface area contributed by atoms with Crippen molar-refractivity contribution in [1.29, 1.82) is 0 Å². The highest BCUT2D eigenvalue weighted by Gasteiger charge is 2.34. The number of methoxy groups -OCH3 is 1. The molecule has 1 amide bonds. The number of carbonyl (C=O) groups excluding carboxylic acids is 1. The molecule has 158 valence electrons. The maximum atomic E-state index is 13.1. The molecule has 0 aromatic heterocycles. The molecule has 1 N–H and O–H groups in total. The van der Waals surface area contributed by atoms with Gasteiger partial charge in [0.2, 0.25) is 15.9 Å². The average molecular weight is 439 g/mol. The van der Waals surface area contributed by atoms with Crippen molar-refractivity contribution in [2.75, 3.05) is 17.7 Å². The summed E-state index contributed by atoms with van der Waals surface area (Å²) >= 11 is 6.09. The normalized spacial score (nSPS) is 13.4. The molecule has 6 nitrogen and oxygen atoms in total. The van der Waals surface area contributed by atoms with Crippen LogP contribution in [0.5, 0.6) is 5.75 Å². The molecule has 0 saturated carbocycles. The third-order valence-corrected chi connectivity index (χ3v) is 6.05. The second kappa shape index (κ2) is 9.50. The lowest BCUT2D eigenvalue weighted by Crippen LogP contribution is -2.49. The van der Waals surface area contributed by atoms with Gasteiger partial charge in [0.25, 0.3) is 0 Å². The van der Waals surface area contributed by atoms with E-state index < -0.39 is 22.0 Å². The van der Waals surface area contributed by atoms with E-state index in [4.69, 9.17) is 16.3 Å². The number of ether oxygens (including phenoxy) is 1. The van der Waals surface area contributed by atoms with Crippen molar-refractivity contribution in [1.82, 2.24) is 5.32 Å². The van der Waals surface area contributed by atoms with Crippen LogP contribution in [0.15, 0.2) is 42.5 Å². The number of amides is 1. The van der Waals surface area contributed by atoms with E-state index in [9.17, 15) is 13.2 Å². The van der Waals surface area contributed by atoms with Gasteiger partial charge in [-0.3, -0.25) is 9.10 Å². The topological polar surface area (TPSA) is 75.7 Å². The van der Waals surface area contributed by atoms with Crippen LogP contribution in [0.4, 0.5) is 5.69 Å². The Morgan fingerprint density at radius 1 is 1.21 bits per heavy atom. The number of carbonyl (C=O) groups is 1. The zero-order valence-corrected chi connectivity index (χ0v) is 18.8. The number of rotatable bonds is 8. The van der Waals surface area contributed by atoms with E-state index in [1.54, 1.807) is 19.1 Å². The minimum Gasteiger partial charge on any atom is -0.495 e. The lowest BCUT2D eigenvalue weighted by atomic mass is 10.1. The standard InChI is InChI=1S/C21H27ClN2O4S/c1-6-18(21(25)23-15(3)16-9-7-14(2)8-10-16)24(29(5,26)27)19-13-17(22)11-12-20(19)28-4/h7-13,15,18H,6H2,1-5H3,(H,23,25)/t15-,18-/m1/s1. The molecule has 0 aliphatic carbocycles. The first-order chi connectivity index (χ1) is 13.6. The number of nitrogens with one attached hydrogen (secondary N) is 1. The predicted molar refractivity (Wildman–Crippen MR) is 117 cm³/mol. The highest BCUT2D eigenvalue weighted by atomic mass is 35.5. The van der Waals surface area contributed by atoms with Crippen LogP contribution < -0.4 is 14.4 Å². The summed E-state index contributed by atoms with van der Waals surface area (Å²) in [6.07, 6.45) is 1.34. The molecule has 0 radical (unpaired) electrons. The molecule has 0 aliphatic heterocycles. The predicted octanol–water partition coefficient (Wildman–Crippen LogP) is 4.08. The first-order valence-electron chi connectivity index (χ1n) is 9.28. The summed E-state index contributed by atoms with van der Waals surface area (Å²) in [6.45, 7) is 5.61. The Morgan fingerprint density at radius 3 is 2.34 bits per heavy atom. The van der Waals surface area contributed by atoms with Crippen molar-refractivity contribution in [2.24, 2.45) is 0 Å². The van der Waals surface area contributed by atoms with Crippen LogP contribution in [0.3, 0.4) is 0 Å². The lowest BCUT2D eigenvalue weighted by molar-refractivity contribution is -0.122. The maximum absolute atomic E-state index is 13.1. The number of nitrogens with zero attached hydrogens (tertiary/aromatic N) is 1. The van der Waals surface area contributed by atoms with Crippen LogP contribution in [-0.2, 0) is 14.8 Å². The summed E-state index contributed by atoms with van der Waals surface area (Å²) in [5, 5.41) is 3.27. The van der Waals surface area contributed by atoms with E-state index in [0.717, 1.165) is 21.7 Å². The highest BCUT2D eigenvalue weighted by Crippen LogP contribution is 2.35. The summed E-state index contributed by atoms with van der Waals surface area (Å²) in [6, 6.07) is 11.3. The molecule has 0 spiro atoms. The molecule has 2 aromatic carbocycles.